The van der Waals surface area contributed by atoms with E-state index in [4.69, 9.17) is 4.74 Å². The highest BCUT2D eigenvalue weighted by molar-refractivity contribution is 7.89. The summed E-state index contributed by atoms with van der Waals surface area (Å²) in [5.74, 6) is -0.271. The van der Waals surface area contributed by atoms with Crippen molar-refractivity contribution >= 4 is 15.9 Å². The highest BCUT2D eigenvalue weighted by Crippen LogP contribution is 2.29. The molecule has 2 aromatic rings. The molecule has 0 saturated carbocycles. The van der Waals surface area contributed by atoms with E-state index in [9.17, 15) is 18.3 Å². The Bertz CT molecular complexity index is 1160. The van der Waals surface area contributed by atoms with Crippen molar-refractivity contribution in [1.82, 2.24) is 19.4 Å². The van der Waals surface area contributed by atoms with E-state index in [1.807, 2.05) is 31.1 Å². The molecule has 36 heavy (non-hydrogen) atoms. The zero-order valence-corrected chi connectivity index (χ0v) is 21.8. The minimum absolute atomic E-state index is 0.0580. The van der Waals surface area contributed by atoms with Gasteiger partial charge < -0.3 is 20.1 Å². The summed E-state index contributed by atoms with van der Waals surface area (Å²) in [6.07, 6.45) is 0.995. The second-order valence-electron chi connectivity index (χ2n) is 9.72. The van der Waals surface area contributed by atoms with Gasteiger partial charge in [-0.25, -0.2) is 8.42 Å². The normalized spacial score (nSPS) is 19.7. The summed E-state index contributed by atoms with van der Waals surface area (Å²) >= 11 is 0. The van der Waals surface area contributed by atoms with Crippen LogP contribution in [0.25, 0.3) is 0 Å². The number of nitrogens with zero attached hydrogens (tertiary/aromatic N) is 3. The highest BCUT2D eigenvalue weighted by atomic mass is 32.2. The van der Waals surface area contributed by atoms with Gasteiger partial charge in [0, 0.05) is 45.3 Å². The summed E-state index contributed by atoms with van der Waals surface area (Å²) in [6.45, 7) is 2.73. The van der Waals surface area contributed by atoms with Gasteiger partial charge in [-0.3, -0.25) is 9.69 Å². The molecule has 0 aliphatic carbocycles. The van der Waals surface area contributed by atoms with Gasteiger partial charge in [-0.05, 0) is 50.2 Å². The number of ether oxygens (including phenoxy) is 1. The Balaban J connectivity index is 1.26. The number of amides is 1. The fourth-order valence-corrected chi connectivity index (χ4v) is 6.39. The van der Waals surface area contributed by atoms with E-state index >= 15 is 0 Å². The van der Waals surface area contributed by atoms with Crippen molar-refractivity contribution in [1.29, 1.82) is 0 Å². The number of aliphatic hydroxyl groups is 1. The van der Waals surface area contributed by atoms with Gasteiger partial charge in [0.2, 0.25) is 10.0 Å². The lowest BCUT2D eigenvalue weighted by molar-refractivity contribution is -0.123. The number of fused-ring (bicyclic) bond motifs is 1. The Morgan fingerprint density at radius 1 is 1.14 bits per heavy atom. The maximum Gasteiger partial charge on any atom is 0.258 e. The molecule has 0 radical (unpaired) electrons. The third kappa shape index (κ3) is 6.43. The predicted molar refractivity (Wildman–Crippen MR) is 137 cm³/mol. The Morgan fingerprint density at radius 3 is 2.61 bits per heavy atom. The first-order chi connectivity index (χ1) is 17.2. The van der Waals surface area contributed by atoms with Crippen LogP contribution in [-0.4, -0.2) is 99.1 Å². The molecular weight excluding hydrogens is 480 g/mol. The number of likely N-dealkylation sites (N-methyl/N-ethyl adjacent to an activating group) is 1. The summed E-state index contributed by atoms with van der Waals surface area (Å²) in [5.41, 5.74) is 2.62. The Kier molecular flexibility index (Phi) is 8.63. The number of sulfonamides is 1. The molecule has 1 amide bonds. The minimum Gasteiger partial charge on any atom is -0.482 e. The van der Waals surface area contributed by atoms with Gasteiger partial charge in [0.15, 0.2) is 6.61 Å². The summed E-state index contributed by atoms with van der Waals surface area (Å²) in [4.78, 5) is 16.6. The molecule has 2 aliphatic rings. The molecule has 2 heterocycles. The van der Waals surface area contributed by atoms with E-state index in [0.29, 0.717) is 19.6 Å². The molecule has 196 valence electrons. The van der Waals surface area contributed by atoms with E-state index in [0.717, 1.165) is 25.9 Å². The second kappa shape index (κ2) is 11.7. The standard InChI is InChI=1S/C26H36N4O5S/c1-28(2)22-12-14-30(17-22)36(33,34)25-10-6-5-9-24(25)35-19-26(32)27-15-23(31)18-29-13-11-20-7-3-4-8-21(20)16-29/h3-10,22-23,31H,11-19H2,1-2H3,(H,27,32)/t22?,23-/m1/s1. The van der Waals surface area contributed by atoms with E-state index < -0.39 is 22.0 Å². The van der Waals surface area contributed by atoms with Gasteiger partial charge in [-0.15, -0.1) is 0 Å². The average Bonchev–Trinajstić information content (AvgIpc) is 3.38. The molecule has 10 heteroatoms. The first kappa shape index (κ1) is 26.6. The third-order valence-electron chi connectivity index (χ3n) is 6.90. The molecule has 4 rings (SSSR count). The van der Waals surface area contributed by atoms with E-state index in [2.05, 4.69) is 22.3 Å². The van der Waals surface area contributed by atoms with Crippen LogP contribution in [0.1, 0.15) is 17.5 Å². The van der Waals surface area contributed by atoms with Gasteiger partial charge in [0.05, 0.1) is 6.10 Å². The van der Waals surface area contributed by atoms with Gasteiger partial charge in [0.1, 0.15) is 10.6 Å². The van der Waals surface area contributed by atoms with E-state index in [-0.39, 0.29) is 29.8 Å². The van der Waals surface area contributed by atoms with Crippen molar-refractivity contribution in [2.45, 2.75) is 36.4 Å². The lowest BCUT2D eigenvalue weighted by Gasteiger charge is -2.30. The summed E-state index contributed by atoms with van der Waals surface area (Å²) < 4.78 is 33.6. The van der Waals surface area contributed by atoms with Crippen molar-refractivity contribution in [3.8, 4) is 5.75 Å². The smallest absolute Gasteiger partial charge is 0.258 e. The van der Waals surface area contributed by atoms with Crippen molar-refractivity contribution < 1.29 is 23.1 Å². The Labute approximate surface area is 213 Å². The average molecular weight is 517 g/mol. The number of para-hydroxylation sites is 1. The fraction of sp³-hybridized carbons (Fsp3) is 0.500. The maximum absolute atomic E-state index is 13.2. The number of carbonyl (C=O) groups is 1. The van der Waals surface area contributed by atoms with E-state index in [1.54, 1.807) is 18.2 Å². The lowest BCUT2D eigenvalue weighted by Crippen LogP contribution is -2.43. The quantitative estimate of drug-likeness (QED) is 0.484. The number of benzene rings is 2. The summed E-state index contributed by atoms with van der Waals surface area (Å²) in [5, 5.41) is 13.1. The zero-order chi connectivity index (χ0) is 25.7. The number of hydrogen-bond acceptors (Lipinski definition) is 7. The molecule has 2 N–H and O–H groups in total. The molecule has 2 aliphatic heterocycles. The summed E-state index contributed by atoms with van der Waals surface area (Å²) in [6, 6.07) is 14.9. The maximum atomic E-state index is 13.2. The van der Waals surface area contributed by atoms with E-state index in [1.165, 1.54) is 21.5 Å². The number of β-amino-alcohol motifs (C(OH)–C–C–N with tert-alkyl or cyclic N) is 1. The van der Waals surface area contributed by atoms with Crippen LogP contribution >= 0.6 is 0 Å². The molecular formula is C26H36N4O5S. The van der Waals surface area contributed by atoms with Crippen molar-refractivity contribution in [2.75, 3.05) is 53.4 Å². The van der Waals surface area contributed by atoms with Crippen LogP contribution in [0.15, 0.2) is 53.4 Å². The molecule has 2 aromatic carbocycles. The van der Waals surface area contributed by atoms with Crippen molar-refractivity contribution in [2.24, 2.45) is 0 Å². The predicted octanol–water partition coefficient (Wildman–Crippen LogP) is 0.925. The van der Waals surface area contributed by atoms with Crippen LogP contribution < -0.4 is 10.1 Å². The number of carbonyl (C=O) groups excluding carboxylic acids is 1. The van der Waals surface area contributed by atoms with Crippen LogP contribution in [-0.2, 0) is 27.8 Å². The first-order valence-corrected chi connectivity index (χ1v) is 13.8. The Morgan fingerprint density at radius 2 is 1.86 bits per heavy atom. The molecule has 1 unspecified atom stereocenters. The largest absolute Gasteiger partial charge is 0.482 e. The minimum atomic E-state index is -3.74. The molecule has 2 atom stereocenters. The van der Waals surface area contributed by atoms with Crippen molar-refractivity contribution in [3.05, 3.63) is 59.7 Å². The molecule has 1 saturated heterocycles. The number of nitrogens with one attached hydrogen (secondary N) is 1. The molecule has 0 bridgehead atoms. The van der Waals surface area contributed by atoms with Crippen LogP contribution in [0.4, 0.5) is 0 Å². The molecule has 0 spiro atoms. The van der Waals surface area contributed by atoms with Crippen LogP contribution in [0.5, 0.6) is 5.75 Å². The highest BCUT2D eigenvalue weighted by Gasteiger charge is 2.35. The van der Waals surface area contributed by atoms with Gasteiger partial charge in [-0.1, -0.05) is 36.4 Å². The van der Waals surface area contributed by atoms with Gasteiger partial charge in [-0.2, -0.15) is 4.31 Å². The van der Waals surface area contributed by atoms with Crippen LogP contribution in [0.3, 0.4) is 0 Å². The Hall–Kier alpha value is -2.50. The third-order valence-corrected chi connectivity index (χ3v) is 8.80. The van der Waals surface area contributed by atoms with Gasteiger partial charge in [0.25, 0.3) is 5.91 Å². The van der Waals surface area contributed by atoms with Crippen LogP contribution in [0, 0.1) is 0 Å². The first-order valence-electron chi connectivity index (χ1n) is 12.4. The fourth-order valence-electron chi connectivity index (χ4n) is 4.77. The second-order valence-corrected chi connectivity index (χ2v) is 11.6. The SMILES string of the molecule is CN(C)C1CCN(S(=O)(=O)c2ccccc2OCC(=O)NC[C@@H](O)CN2CCc3ccccc3C2)C1. The lowest BCUT2D eigenvalue weighted by atomic mass is 10.00. The molecule has 1 fully saturated rings. The van der Waals surface area contributed by atoms with Crippen molar-refractivity contribution in [3.63, 3.8) is 0 Å². The van der Waals surface area contributed by atoms with Crippen LogP contribution in [0.2, 0.25) is 0 Å². The molecule has 0 aromatic heterocycles. The number of rotatable bonds is 10. The van der Waals surface area contributed by atoms with Gasteiger partial charge >= 0.3 is 0 Å². The number of aliphatic hydroxyl groups excluding tert-OH is 1. The molecule has 9 nitrogen and oxygen atoms in total. The number of hydrogen-bond donors (Lipinski definition) is 2. The topological polar surface area (TPSA) is 102 Å². The monoisotopic (exact) mass is 516 g/mol. The summed E-state index contributed by atoms with van der Waals surface area (Å²) in [7, 11) is 0.144. The zero-order valence-electron chi connectivity index (χ0n) is 21.0.